The van der Waals surface area contributed by atoms with Crippen LogP contribution in [0.5, 0.6) is 0 Å². The highest BCUT2D eigenvalue weighted by Gasteiger charge is 2.21. The van der Waals surface area contributed by atoms with Gasteiger partial charge in [0.2, 0.25) is 0 Å². The van der Waals surface area contributed by atoms with Crippen molar-refractivity contribution in [3.8, 4) is 0 Å². The molecule has 0 saturated heterocycles. The van der Waals surface area contributed by atoms with Crippen molar-refractivity contribution in [3.63, 3.8) is 0 Å². The lowest BCUT2D eigenvalue weighted by atomic mass is 10.4. The molecule has 0 spiro atoms. The molecule has 1 heterocycles. The Balaban J connectivity index is 1.91. The van der Waals surface area contributed by atoms with Gasteiger partial charge in [-0.25, -0.2) is 4.21 Å². The molecular weight excluding hydrogens is 188 g/mol. The van der Waals surface area contributed by atoms with E-state index in [0.717, 1.165) is 12.8 Å². The van der Waals surface area contributed by atoms with Crippen molar-refractivity contribution in [1.82, 2.24) is 5.16 Å². The molecule has 1 N–H and O–H groups in total. The minimum atomic E-state index is -0.997. The van der Waals surface area contributed by atoms with Crippen LogP contribution in [0.15, 0.2) is 16.9 Å². The second kappa shape index (κ2) is 3.91. The molecule has 13 heavy (non-hydrogen) atoms. The monoisotopic (exact) mass is 200 g/mol. The molecule has 1 aromatic rings. The Morgan fingerprint density at radius 2 is 2.31 bits per heavy atom. The van der Waals surface area contributed by atoms with E-state index in [1.165, 1.54) is 19.1 Å². The summed E-state index contributed by atoms with van der Waals surface area (Å²) < 4.78 is 19.1. The summed E-state index contributed by atoms with van der Waals surface area (Å²) in [6.07, 6.45) is 5.96. The Kier molecular flexibility index (Phi) is 2.63. The maximum absolute atomic E-state index is 11.6. The molecule has 72 valence electrons. The number of anilines is 1. The molecule has 0 aliphatic heterocycles. The highest BCUT2D eigenvalue weighted by molar-refractivity contribution is 7.87. The van der Waals surface area contributed by atoms with Crippen molar-refractivity contribution in [2.24, 2.45) is 0 Å². The van der Waals surface area contributed by atoms with Crippen LogP contribution in [0.1, 0.15) is 25.7 Å². The largest absolute Gasteiger partial charge is 0.363 e. The van der Waals surface area contributed by atoms with Crippen LogP contribution in [0.2, 0.25) is 0 Å². The van der Waals surface area contributed by atoms with Crippen LogP contribution in [0.4, 0.5) is 5.82 Å². The smallest absolute Gasteiger partial charge is 0.181 e. The molecule has 1 aromatic heterocycles. The van der Waals surface area contributed by atoms with Gasteiger partial charge in [0.15, 0.2) is 5.82 Å². The second-order valence-electron chi connectivity index (χ2n) is 3.19. The van der Waals surface area contributed by atoms with Gasteiger partial charge in [-0.1, -0.05) is 18.0 Å². The number of nitrogens with zero attached hydrogens (tertiary/aromatic N) is 1. The summed E-state index contributed by atoms with van der Waals surface area (Å²) in [5.41, 5.74) is 0. The van der Waals surface area contributed by atoms with Crippen LogP contribution in [-0.2, 0) is 11.0 Å². The van der Waals surface area contributed by atoms with Gasteiger partial charge in [0, 0.05) is 6.07 Å². The summed E-state index contributed by atoms with van der Waals surface area (Å²) in [4.78, 5) is 0. The van der Waals surface area contributed by atoms with Crippen molar-refractivity contribution < 1.29 is 8.73 Å². The van der Waals surface area contributed by atoms with E-state index in [1.54, 1.807) is 6.07 Å². The topological polar surface area (TPSA) is 55.1 Å². The number of nitrogens with one attached hydrogen (secondary N) is 1. The third kappa shape index (κ3) is 2.09. The Labute approximate surface area is 79.3 Å². The Bertz CT molecular complexity index is 280. The summed E-state index contributed by atoms with van der Waals surface area (Å²) in [7, 11) is -0.997. The van der Waals surface area contributed by atoms with E-state index in [-0.39, 0.29) is 5.25 Å². The van der Waals surface area contributed by atoms with Gasteiger partial charge in [-0.3, -0.25) is 4.72 Å². The fourth-order valence-electron chi connectivity index (χ4n) is 1.55. The second-order valence-corrected chi connectivity index (χ2v) is 4.66. The molecule has 1 atom stereocenters. The Morgan fingerprint density at radius 1 is 1.54 bits per heavy atom. The third-order valence-corrected chi connectivity index (χ3v) is 3.74. The summed E-state index contributed by atoms with van der Waals surface area (Å²) in [5, 5.41) is 3.94. The molecule has 0 bridgehead atoms. The Morgan fingerprint density at radius 3 is 2.92 bits per heavy atom. The van der Waals surface area contributed by atoms with Gasteiger partial charge in [0.25, 0.3) is 0 Å². The molecule has 4 nitrogen and oxygen atoms in total. The first-order valence-electron chi connectivity index (χ1n) is 4.44. The molecule has 1 fully saturated rings. The number of hydrogen-bond donors (Lipinski definition) is 1. The van der Waals surface area contributed by atoms with Gasteiger partial charge < -0.3 is 4.52 Å². The summed E-state index contributed by atoms with van der Waals surface area (Å²) in [6, 6.07) is 1.67. The fourth-order valence-corrected chi connectivity index (χ4v) is 2.79. The van der Waals surface area contributed by atoms with E-state index >= 15 is 0 Å². The summed E-state index contributed by atoms with van der Waals surface area (Å²) >= 11 is 0. The normalized spacial score (nSPS) is 20.3. The zero-order valence-corrected chi connectivity index (χ0v) is 8.05. The average Bonchev–Trinajstić information content (AvgIpc) is 2.74. The minimum absolute atomic E-state index is 0.289. The van der Waals surface area contributed by atoms with E-state index in [1.807, 2.05) is 0 Å². The fraction of sp³-hybridized carbons (Fsp3) is 0.625. The van der Waals surface area contributed by atoms with E-state index in [9.17, 15) is 4.21 Å². The van der Waals surface area contributed by atoms with Crippen molar-refractivity contribution in [3.05, 3.63) is 12.3 Å². The van der Waals surface area contributed by atoms with Gasteiger partial charge in [0.05, 0.1) is 5.25 Å². The van der Waals surface area contributed by atoms with Crippen LogP contribution in [0.25, 0.3) is 0 Å². The third-order valence-electron chi connectivity index (χ3n) is 2.25. The molecule has 1 aliphatic carbocycles. The molecular formula is C8H12N2O2S. The van der Waals surface area contributed by atoms with Crippen molar-refractivity contribution >= 4 is 16.8 Å². The van der Waals surface area contributed by atoms with Crippen molar-refractivity contribution in [1.29, 1.82) is 0 Å². The zero-order chi connectivity index (χ0) is 9.10. The highest BCUT2D eigenvalue weighted by atomic mass is 32.2. The molecule has 1 aliphatic rings. The highest BCUT2D eigenvalue weighted by Crippen LogP contribution is 2.23. The summed E-state index contributed by atoms with van der Waals surface area (Å²) in [6.45, 7) is 0. The first kappa shape index (κ1) is 8.74. The maximum atomic E-state index is 11.6. The lowest BCUT2D eigenvalue weighted by Crippen LogP contribution is -2.17. The van der Waals surface area contributed by atoms with Gasteiger partial charge in [-0.2, -0.15) is 0 Å². The van der Waals surface area contributed by atoms with Gasteiger partial charge >= 0.3 is 0 Å². The molecule has 0 amide bonds. The summed E-state index contributed by atoms with van der Waals surface area (Å²) in [5.74, 6) is 0.560. The molecule has 0 aromatic carbocycles. The first-order valence-corrected chi connectivity index (χ1v) is 5.65. The minimum Gasteiger partial charge on any atom is -0.363 e. The predicted octanol–water partition coefficient (Wildman–Crippen LogP) is 1.69. The van der Waals surface area contributed by atoms with Gasteiger partial charge in [0.1, 0.15) is 17.2 Å². The van der Waals surface area contributed by atoms with E-state index in [0.29, 0.717) is 5.82 Å². The molecule has 2 rings (SSSR count). The van der Waals surface area contributed by atoms with Crippen LogP contribution in [-0.4, -0.2) is 14.6 Å². The molecule has 0 radical (unpaired) electrons. The lowest BCUT2D eigenvalue weighted by Gasteiger charge is -2.08. The SMILES string of the molecule is O=S(Nc1ccon1)C1CCCC1. The van der Waals surface area contributed by atoms with E-state index in [4.69, 9.17) is 0 Å². The van der Waals surface area contributed by atoms with Crippen LogP contribution in [0.3, 0.4) is 0 Å². The predicted molar refractivity (Wildman–Crippen MR) is 50.5 cm³/mol. The van der Waals surface area contributed by atoms with E-state index in [2.05, 4.69) is 14.4 Å². The lowest BCUT2D eigenvalue weighted by molar-refractivity contribution is 0.423. The van der Waals surface area contributed by atoms with Crippen molar-refractivity contribution in [2.45, 2.75) is 30.9 Å². The zero-order valence-electron chi connectivity index (χ0n) is 7.23. The standard InChI is InChI=1S/C8H12N2O2S/c11-13(7-3-1-2-4-7)10-8-5-6-12-9-8/h5-7H,1-4H2,(H,9,10). The van der Waals surface area contributed by atoms with Crippen LogP contribution < -0.4 is 4.72 Å². The molecule has 1 unspecified atom stereocenters. The number of rotatable bonds is 3. The number of hydrogen-bond acceptors (Lipinski definition) is 3. The average molecular weight is 200 g/mol. The Hall–Kier alpha value is -0.840. The quantitative estimate of drug-likeness (QED) is 0.807. The van der Waals surface area contributed by atoms with Gasteiger partial charge in [-0.05, 0) is 12.8 Å². The van der Waals surface area contributed by atoms with Crippen LogP contribution in [0, 0.1) is 0 Å². The van der Waals surface area contributed by atoms with E-state index < -0.39 is 11.0 Å². The molecule has 1 saturated carbocycles. The molecule has 5 heteroatoms. The first-order chi connectivity index (χ1) is 6.36. The maximum Gasteiger partial charge on any atom is 0.181 e. The van der Waals surface area contributed by atoms with Crippen LogP contribution >= 0.6 is 0 Å². The number of aromatic nitrogens is 1. The van der Waals surface area contributed by atoms with Crippen molar-refractivity contribution in [2.75, 3.05) is 4.72 Å². The van der Waals surface area contributed by atoms with Gasteiger partial charge in [-0.15, -0.1) is 0 Å².